The van der Waals surface area contributed by atoms with Crippen molar-refractivity contribution in [3.05, 3.63) is 174 Å². The van der Waals surface area contributed by atoms with Crippen molar-refractivity contribution in [2.75, 3.05) is 11.5 Å². The van der Waals surface area contributed by atoms with Gasteiger partial charge in [-0.1, -0.05) is 98.1 Å². The van der Waals surface area contributed by atoms with Crippen LogP contribution in [0.5, 0.6) is 0 Å². The molecule has 0 radical (unpaired) electrons. The monoisotopic (exact) mass is 603 g/mol. The second-order valence-electron chi connectivity index (χ2n) is 10.8. The van der Waals surface area contributed by atoms with Gasteiger partial charge in [-0.15, -0.1) is 0 Å². The highest BCUT2D eigenvalue weighted by Gasteiger charge is 2.22. The summed E-state index contributed by atoms with van der Waals surface area (Å²) in [6, 6.07) is 41.7. The molecule has 5 aromatic rings. The van der Waals surface area contributed by atoms with Gasteiger partial charge in [-0.25, -0.2) is 9.59 Å². The van der Waals surface area contributed by atoms with Gasteiger partial charge in [0.05, 0.1) is 6.61 Å². The quantitative estimate of drug-likeness (QED) is 0.109. The van der Waals surface area contributed by atoms with Crippen LogP contribution in [0.2, 0.25) is 0 Å². The number of rotatable bonds is 11. The van der Waals surface area contributed by atoms with E-state index in [1.54, 1.807) is 0 Å². The third-order valence-corrected chi connectivity index (χ3v) is 7.90. The molecular formula is C41H33NO4. The SMILES string of the molecule is C=CC(=O)OCCc1ccc(N(c2ccc(C=C3c4ccccc4-c4ccccc43)cc2)c2cccc(COC(=O)C=C)c2)cc1. The van der Waals surface area contributed by atoms with Gasteiger partial charge in [0.25, 0.3) is 0 Å². The lowest BCUT2D eigenvalue weighted by atomic mass is 10.0. The normalized spacial score (nSPS) is 11.2. The average Bonchev–Trinajstić information content (AvgIpc) is 3.42. The van der Waals surface area contributed by atoms with Crippen molar-refractivity contribution in [3.8, 4) is 11.1 Å². The average molecular weight is 604 g/mol. The number of nitrogens with zero attached hydrogens (tertiary/aromatic N) is 1. The predicted molar refractivity (Wildman–Crippen MR) is 185 cm³/mol. The molecule has 0 saturated heterocycles. The van der Waals surface area contributed by atoms with E-state index in [4.69, 9.17) is 9.47 Å². The second kappa shape index (κ2) is 13.8. The van der Waals surface area contributed by atoms with Crippen molar-refractivity contribution in [2.45, 2.75) is 13.0 Å². The maximum Gasteiger partial charge on any atom is 0.330 e. The Morgan fingerprint density at radius 2 is 1.15 bits per heavy atom. The minimum absolute atomic E-state index is 0.143. The maximum atomic E-state index is 11.7. The Labute approximate surface area is 269 Å². The summed E-state index contributed by atoms with van der Waals surface area (Å²) in [6.45, 7) is 7.35. The Bertz CT molecular complexity index is 1890. The van der Waals surface area contributed by atoms with Crippen molar-refractivity contribution in [2.24, 2.45) is 0 Å². The molecule has 1 aliphatic carbocycles. The molecule has 226 valence electrons. The molecule has 5 nitrogen and oxygen atoms in total. The molecule has 0 bridgehead atoms. The van der Waals surface area contributed by atoms with E-state index in [-0.39, 0.29) is 13.2 Å². The summed E-state index contributed by atoms with van der Waals surface area (Å²) in [5, 5.41) is 0. The lowest BCUT2D eigenvalue weighted by Crippen LogP contribution is -2.11. The van der Waals surface area contributed by atoms with Gasteiger partial charge >= 0.3 is 11.9 Å². The van der Waals surface area contributed by atoms with Crippen LogP contribution < -0.4 is 4.90 Å². The topological polar surface area (TPSA) is 55.8 Å². The molecule has 0 aliphatic heterocycles. The van der Waals surface area contributed by atoms with Gasteiger partial charge in [0.2, 0.25) is 0 Å². The highest BCUT2D eigenvalue weighted by atomic mass is 16.5. The Balaban J connectivity index is 1.32. The van der Waals surface area contributed by atoms with Crippen LogP contribution >= 0.6 is 0 Å². The molecule has 0 spiro atoms. The van der Waals surface area contributed by atoms with Crippen molar-refractivity contribution in [1.82, 2.24) is 0 Å². The fourth-order valence-electron chi connectivity index (χ4n) is 5.68. The first-order chi connectivity index (χ1) is 22.5. The van der Waals surface area contributed by atoms with Crippen molar-refractivity contribution < 1.29 is 19.1 Å². The summed E-state index contributed by atoms with van der Waals surface area (Å²) in [4.78, 5) is 25.3. The van der Waals surface area contributed by atoms with Gasteiger partial charge in [-0.05, 0) is 87.0 Å². The fourth-order valence-corrected chi connectivity index (χ4v) is 5.68. The number of hydrogen-bond donors (Lipinski definition) is 0. The highest BCUT2D eigenvalue weighted by Crippen LogP contribution is 2.45. The molecule has 1 aliphatic rings. The first-order valence-corrected chi connectivity index (χ1v) is 15.1. The molecule has 0 saturated carbocycles. The molecule has 0 fully saturated rings. The van der Waals surface area contributed by atoms with E-state index >= 15 is 0 Å². The van der Waals surface area contributed by atoms with Crippen LogP contribution in [-0.2, 0) is 32.1 Å². The van der Waals surface area contributed by atoms with E-state index in [2.05, 4.69) is 109 Å². The lowest BCUT2D eigenvalue weighted by molar-refractivity contribution is -0.139. The molecule has 0 aromatic heterocycles. The Morgan fingerprint density at radius 1 is 0.587 bits per heavy atom. The van der Waals surface area contributed by atoms with E-state index in [0.29, 0.717) is 6.42 Å². The number of carbonyl (C=O) groups excluding carboxylic acids is 2. The van der Waals surface area contributed by atoms with Gasteiger partial charge in [0, 0.05) is 35.6 Å². The number of hydrogen-bond acceptors (Lipinski definition) is 5. The number of benzene rings is 5. The summed E-state index contributed by atoms with van der Waals surface area (Å²) in [5.41, 5.74) is 12.1. The smallest absolute Gasteiger partial charge is 0.330 e. The molecule has 0 unspecified atom stereocenters. The van der Waals surface area contributed by atoms with Crippen LogP contribution in [0.1, 0.15) is 27.8 Å². The van der Waals surface area contributed by atoms with E-state index < -0.39 is 11.9 Å². The molecule has 6 rings (SSSR count). The largest absolute Gasteiger partial charge is 0.462 e. The highest BCUT2D eigenvalue weighted by molar-refractivity contribution is 6.06. The van der Waals surface area contributed by atoms with Crippen LogP contribution in [0.4, 0.5) is 17.1 Å². The maximum absolute atomic E-state index is 11.7. The lowest BCUT2D eigenvalue weighted by Gasteiger charge is -2.26. The molecule has 5 aromatic carbocycles. The number of ether oxygens (including phenoxy) is 2. The number of esters is 2. The van der Waals surface area contributed by atoms with Crippen LogP contribution in [0.25, 0.3) is 22.8 Å². The predicted octanol–water partition coefficient (Wildman–Crippen LogP) is 9.23. The van der Waals surface area contributed by atoms with E-state index in [1.165, 1.54) is 33.9 Å². The first kappa shape index (κ1) is 30.1. The minimum atomic E-state index is -0.464. The zero-order valence-electron chi connectivity index (χ0n) is 25.4. The van der Waals surface area contributed by atoms with Crippen molar-refractivity contribution in [3.63, 3.8) is 0 Å². The summed E-state index contributed by atoms with van der Waals surface area (Å²) in [7, 11) is 0. The van der Waals surface area contributed by atoms with Crippen LogP contribution in [0.3, 0.4) is 0 Å². The Hall–Kier alpha value is -5.94. The first-order valence-electron chi connectivity index (χ1n) is 15.1. The summed E-state index contributed by atoms with van der Waals surface area (Å²) >= 11 is 0. The van der Waals surface area contributed by atoms with Crippen molar-refractivity contribution in [1.29, 1.82) is 0 Å². The number of carbonyl (C=O) groups is 2. The standard InChI is InChI=1S/C41H33NO4/c1-3-40(43)45-25-24-29-16-20-32(21-17-29)42(34-11-9-10-31(26-34)28-46-41(44)4-2)33-22-18-30(19-23-33)27-39-37-14-7-5-12-35(37)36-13-6-8-15-38(36)39/h3-23,26-27H,1-2,24-25,28H2. The summed E-state index contributed by atoms with van der Waals surface area (Å²) in [5.74, 6) is -0.893. The number of fused-ring (bicyclic) bond motifs is 3. The second-order valence-corrected chi connectivity index (χ2v) is 10.8. The third kappa shape index (κ3) is 6.59. The van der Waals surface area contributed by atoms with Gasteiger partial charge in [0.1, 0.15) is 6.61 Å². The van der Waals surface area contributed by atoms with E-state index in [1.807, 2.05) is 36.4 Å². The van der Waals surface area contributed by atoms with Gasteiger partial charge < -0.3 is 14.4 Å². The Kier molecular flexibility index (Phi) is 9.02. The molecular weight excluding hydrogens is 570 g/mol. The van der Waals surface area contributed by atoms with E-state index in [0.717, 1.165) is 39.8 Å². The van der Waals surface area contributed by atoms with Gasteiger partial charge in [-0.3, -0.25) is 0 Å². The summed E-state index contributed by atoms with van der Waals surface area (Å²) in [6.07, 6.45) is 5.18. The minimum Gasteiger partial charge on any atom is -0.462 e. The fraction of sp³-hybridized carbons (Fsp3) is 0.0732. The third-order valence-electron chi connectivity index (χ3n) is 7.90. The Morgan fingerprint density at radius 3 is 1.76 bits per heavy atom. The van der Waals surface area contributed by atoms with Crippen LogP contribution in [-0.4, -0.2) is 18.5 Å². The van der Waals surface area contributed by atoms with Crippen LogP contribution in [0.15, 0.2) is 147 Å². The zero-order chi connectivity index (χ0) is 31.9. The molecule has 0 amide bonds. The molecule has 0 N–H and O–H groups in total. The number of anilines is 3. The molecule has 5 heteroatoms. The van der Waals surface area contributed by atoms with E-state index in [9.17, 15) is 9.59 Å². The van der Waals surface area contributed by atoms with Gasteiger partial charge in [-0.2, -0.15) is 0 Å². The molecule has 0 heterocycles. The molecule has 46 heavy (non-hydrogen) atoms. The van der Waals surface area contributed by atoms with Gasteiger partial charge in [0.15, 0.2) is 0 Å². The van der Waals surface area contributed by atoms with Crippen molar-refractivity contribution >= 4 is 40.6 Å². The molecule has 0 atom stereocenters. The summed E-state index contributed by atoms with van der Waals surface area (Å²) < 4.78 is 10.5. The van der Waals surface area contributed by atoms with Crippen LogP contribution in [0, 0.1) is 0 Å². The zero-order valence-corrected chi connectivity index (χ0v) is 25.4.